The van der Waals surface area contributed by atoms with E-state index < -0.39 is 0 Å². The lowest BCUT2D eigenvalue weighted by molar-refractivity contribution is 0.321. The molecule has 4 heteroatoms. The Hall–Kier alpha value is -1.37. The zero-order valence-electron chi connectivity index (χ0n) is 11.4. The minimum Gasteiger partial charge on any atom is -0.248 e. The van der Waals surface area contributed by atoms with Crippen molar-refractivity contribution >= 4 is 0 Å². The van der Waals surface area contributed by atoms with Crippen LogP contribution in [0, 0.1) is 16.7 Å². The third-order valence-electron chi connectivity index (χ3n) is 3.93. The van der Waals surface area contributed by atoms with Gasteiger partial charge >= 0.3 is 0 Å². The van der Waals surface area contributed by atoms with Crippen LogP contribution in [-0.2, 0) is 6.42 Å². The van der Waals surface area contributed by atoms with E-state index in [9.17, 15) is 5.26 Å². The smallest absolute Gasteiger partial charge is 0.138 e. The summed E-state index contributed by atoms with van der Waals surface area (Å²) in [6, 6.07) is 2.89. The van der Waals surface area contributed by atoms with Crippen molar-refractivity contribution < 1.29 is 0 Å². The molecule has 1 aliphatic rings. The fraction of sp³-hybridized carbons (Fsp3) is 0.786. The maximum Gasteiger partial charge on any atom is 0.138 e. The van der Waals surface area contributed by atoms with Crippen molar-refractivity contribution in [2.75, 3.05) is 0 Å². The van der Waals surface area contributed by atoms with Crippen LogP contribution in [0.1, 0.15) is 64.2 Å². The molecule has 1 aromatic rings. The second-order valence-electron chi connectivity index (χ2n) is 5.70. The molecule has 98 valence electrons. The van der Waals surface area contributed by atoms with Crippen LogP contribution in [0.3, 0.4) is 0 Å². The topological polar surface area (TPSA) is 54.5 Å². The molecule has 18 heavy (non-hydrogen) atoms. The summed E-state index contributed by atoms with van der Waals surface area (Å²) in [4.78, 5) is 4.36. The number of hydrogen-bond donors (Lipinski definition) is 0. The van der Waals surface area contributed by atoms with Crippen molar-refractivity contribution in [3.63, 3.8) is 0 Å². The highest BCUT2D eigenvalue weighted by Gasteiger charge is 2.33. The molecule has 0 amide bonds. The van der Waals surface area contributed by atoms with Gasteiger partial charge in [0.1, 0.15) is 12.2 Å². The summed E-state index contributed by atoms with van der Waals surface area (Å²) >= 11 is 0. The van der Waals surface area contributed by atoms with Gasteiger partial charge in [0.05, 0.1) is 11.5 Å². The van der Waals surface area contributed by atoms with Crippen LogP contribution >= 0.6 is 0 Å². The van der Waals surface area contributed by atoms with Crippen LogP contribution in [0.25, 0.3) is 0 Å². The molecule has 0 bridgehead atoms. The second-order valence-corrected chi connectivity index (χ2v) is 5.70. The molecule has 0 N–H and O–H groups in total. The first-order valence-electron chi connectivity index (χ1n) is 6.96. The van der Waals surface area contributed by atoms with Gasteiger partial charge in [-0.3, -0.25) is 0 Å². The Balaban J connectivity index is 2.19. The molecule has 0 radical (unpaired) electrons. The first-order valence-corrected chi connectivity index (χ1v) is 6.96. The maximum atomic E-state index is 9.59. The zero-order valence-corrected chi connectivity index (χ0v) is 11.4. The Labute approximate surface area is 109 Å². The molecule has 4 nitrogen and oxygen atoms in total. The van der Waals surface area contributed by atoms with Crippen molar-refractivity contribution in [3.05, 3.63) is 12.2 Å². The molecule has 0 unspecified atom stereocenters. The van der Waals surface area contributed by atoms with Crippen molar-refractivity contribution in [2.45, 2.75) is 64.8 Å². The van der Waals surface area contributed by atoms with Crippen LogP contribution in [0.4, 0.5) is 0 Å². The first kappa shape index (κ1) is 13.1. The number of nitrogens with zero attached hydrogens (tertiary/aromatic N) is 4. The Morgan fingerprint density at radius 3 is 2.56 bits per heavy atom. The SMILES string of the molecule is CC(C)n1ncnc1CC1(C#N)CCCCCC1. The highest BCUT2D eigenvalue weighted by Crippen LogP contribution is 2.37. The third-order valence-corrected chi connectivity index (χ3v) is 3.93. The van der Waals surface area contributed by atoms with Gasteiger partial charge in [0, 0.05) is 12.5 Å². The monoisotopic (exact) mass is 246 g/mol. The number of nitriles is 1. The molecule has 0 saturated heterocycles. The molecular weight excluding hydrogens is 224 g/mol. The minimum atomic E-state index is -0.212. The lowest BCUT2D eigenvalue weighted by Crippen LogP contribution is -2.24. The normalized spacial score (nSPS) is 19.4. The van der Waals surface area contributed by atoms with Crippen LogP contribution < -0.4 is 0 Å². The average Bonchev–Trinajstić information content (AvgIpc) is 2.68. The quantitative estimate of drug-likeness (QED) is 0.769. The van der Waals surface area contributed by atoms with E-state index in [2.05, 4.69) is 30.0 Å². The molecule has 0 aromatic carbocycles. The van der Waals surface area contributed by atoms with Crippen molar-refractivity contribution in [1.29, 1.82) is 5.26 Å². The molecule has 0 spiro atoms. The summed E-state index contributed by atoms with van der Waals surface area (Å²) in [5.41, 5.74) is -0.212. The highest BCUT2D eigenvalue weighted by atomic mass is 15.3. The van der Waals surface area contributed by atoms with Crippen LogP contribution in [0.15, 0.2) is 6.33 Å². The van der Waals surface area contributed by atoms with E-state index in [1.54, 1.807) is 6.33 Å². The van der Waals surface area contributed by atoms with Crippen molar-refractivity contribution in [3.8, 4) is 6.07 Å². The summed E-state index contributed by atoms with van der Waals surface area (Å²) in [5.74, 6) is 0.966. The zero-order chi connectivity index (χ0) is 13.0. The molecule has 1 aromatic heterocycles. The lowest BCUT2D eigenvalue weighted by atomic mass is 9.78. The number of hydrogen-bond acceptors (Lipinski definition) is 3. The fourth-order valence-corrected chi connectivity index (χ4v) is 2.87. The molecule has 1 heterocycles. The summed E-state index contributed by atoms with van der Waals surface area (Å²) in [7, 11) is 0. The van der Waals surface area contributed by atoms with Crippen molar-refractivity contribution in [2.24, 2.45) is 5.41 Å². The third kappa shape index (κ3) is 2.72. The Kier molecular flexibility index (Phi) is 4.00. The predicted molar refractivity (Wildman–Crippen MR) is 69.9 cm³/mol. The summed E-state index contributed by atoms with van der Waals surface area (Å²) in [6.07, 6.45) is 9.25. The second kappa shape index (κ2) is 5.51. The van der Waals surface area contributed by atoms with Crippen LogP contribution in [0.2, 0.25) is 0 Å². The molecule has 1 aliphatic carbocycles. The van der Waals surface area contributed by atoms with Gasteiger partial charge in [0.25, 0.3) is 0 Å². The fourth-order valence-electron chi connectivity index (χ4n) is 2.87. The molecular formula is C14H22N4. The summed E-state index contributed by atoms with van der Waals surface area (Å²) in [6.45, 7) is 4.20. The largest absolute Gasteiger partial charge is 0.248 e. The van der Waals surface area contributed by atoms with Crippen molar-refractivity contribution in [1.82, 2.24) is 14.8 Å². The molecule has 2 rings (SSSR count). The van der Waals surface area contributed by atoms with E-state index in [-0.39, 0.29) is 5.41 Å². The Morgan fingerprint density at radius 1 is 1.33 bits per heavy atom. The minimum absolute atomic E-state index is 0.212. The van der Waals surface area contributed by atoms with Gasteiger partial charge in [-0.25, -0.2) is 9.67 Å². The van der Waals surface area contributed by atoms with Gasteiger partial charge in [-0.2, -0.15) is 10.4 Å². The average molecular weight is 246 g/mol. The van der Waals surface area contributed by atoms with Gasteiger partial charge < -0.3 is 0 Å². The van der Waals surface area contributed by atoms with E-state index in [0.717, 1.165) is 25.1 Å². The summed E-state index contributed by atoms with van der Waals surface area (Å²) in [5, 5.41) is 13.9. The molecule has 1 fully saturated rings. The van der Waals surface area contributed by atoms with E-state index in [1.165, 1.54) is 25.7 Å². The highest BCUT2D eigenvalue weighted by molar-refractivity contribution is 5.06. The van der Waals surface area contributed by atoms with Gasteiger partial charge in [-0.15, -0.1) is 0 Å². The molecule has 0 aliphatic heterocycles. The number of rotatable bonds is 3. The van der Waals surface area contributed by atoms with Gasteiger partial charge in [0.15, 0.2) is 0 Å². The van der Waals surface area contributed by atoms with Gasteiger partial charge in [0.2, 0.25) is 0 Å². The van der Waals surface area contributed by atoms with Gasteiger partial charge in [-0.1, -0.05) is 25.7 Å². The molecule has 0 atom stereocenters. The Morgan fingerprint density at radius 2 is 2.00 bits per heavy atom. The number of aromatic nitrogens is 3. The van der Waals surface area contributed by atoms with Crippen LogP contribution in [-0.4, -0.2) is 14.8 Å². The van der Waals surface area contributed by atoms with Crippen LogP contribution in [0.5, 0.6) is 0 Å². The maximum absolute atomic E-state index is 9.59. The first-order chi connectivity index (χ1) is 8.67. The predicted octanol–water partition coefficient (Wildman–Crippen LogP) is 3.27. The summed E-state index contributed by atoms with van der Waals surface area (Å²) < 4.78 is 1.95. The Bertz CT molecular complexity index is 419. The van der Waals surface area contributed by atoms with E-state index in [4.69, 9.17) is 0 Å². The standard InChI is InChI=1S/C14H22N4/c1-12(2)18-13(16-11-17-18)9-14(10-15)7-5-3-4-6-8-14/h11-12H,3-9H2,1-2H3. The van der Waals surface area contributed by atoms with E-state index in [1.807, 2.05) is 4.68 Å². The lowest BCUT2D eigenvalue weighted by Gasteiger charge is -2.24. The van der Waals surface area contributed by atoms with E-state index >= 15 is 0 Å². The van der Waals surface area contributed by atoms with E-state index in [0.29, 0.717) is 6.04 Å². The van der Waals surface area contributed by atoms with Gasteiger partial charge in [-0.05, 0) is 26.7 Å². The molecule has 1 saturated carbocycles.